The van der Waals surface area contributed by atoms with E-state index < -0.39 is 6.10 Å². The molecule has 1 amide bonds. The molecule has 0 aliphatic carbocycles. The Morgan fingerprint density at radius 2 is 2.00 bits per heavy atom. The first-order chi connectivity index (χ1) is 15.0. The normalized spacial score (nSPS) is 17.2. The molecule has 4 rings (SSSR count). The van der Waals surface area contributed by atoms with E-state index >= 15 is 0 Å². The molecular weight excluding hydrogens is 388 g/mol. The van der Waals surface area contributed by atoms with E-state index in [-0.39, 0.29) is 17.8 Å². The molecule has 0 bridgehead atoms. The van der Waals surface area contributed by atoms with Crippen molar-refractivity contribution in [3.05, 3.63) is 71.4 Å². The number of carbonyl (C=O) groups excluding carboxylic acids is 1. The lowest BCUT2D eigenvalue weighted by Gasteiger charge is -2.27. The predicted octanol–water partition coefficient (Wildman–Crippen LogP) is 3.60. The SMILES string of the molecule is CCn1c(CCC2CCCN2C(=O)C(O)c2ccccc2)cc2ccc(C(=N)N)cc21. The molecule has 2 heterocycles. The molecule has 1 saturated heterocycles. The van der Waals surface area contributed by atoms with Crippen LogP contribution in [0.15, 0.2) is 54.6 Å². The van der Waals surface area contributed by atoms with E-state index in [0.29, 0.717) is 12.1 Å². The lowest BCUT2D eigenvalue weighted by atomic mass is 10.0. The number of aryl methyl sites for hydroxylation is 2. The van der Waals surface area contributed by atoms with Crippen LogP contribution in [0.4, 0.5) is 0 Å². The molecule has 6 nitrogen and oxygen atoms in total. The second-order valence-electron chi connectivity index (χ2n) is 8.25. The molecule has 1 aliphatic rings. The van der Waals surface area contributed by atoms with Crippen molar-refractivity contribution in [1.29, 1.82) is 5.41 Å². The van der Waals surface area contributed by atoms with Crippen molar-refractivity contribution < 1.29 is 9.90 Å². The van der Waals surface area contributed by atoms with Gasteiger partial charge >= 0.3 is 0 Å². The van der Waals surface area contributed by atoms with E-state index in [1.807, 2.05) is 41.3 Å². The van der Waals surface area contributed by atoms with E-state index in [1.54, 1.807) is 12.1 Å². The highest BCUT2D eigenvalue weighted by Crippen LogP contribution is 2.28. The van der Waals surface area contributed by atoms with Gasteiger partial charge in [0, 0.05) is 35.9 Å². The molecule has 4 N–H and O–H groups in total. The monoisotopic (exact) mass is 418 g/mol. The van der Waals surface area contributed by atoms with Crippen LogP contribution in [0.1, 0.15) is 49.1 Å². The number of hydrogen-bond donors (Lipinski definition) is 3. The Morgan fingerprint density at radius 3 is 2.71 bits per heavy atom. The molecular formula is C25H30N4O2. The van der Waals surface area contributed by atoms with Crippen LogP contribution in [-0.4, -0.2) is 38.9 Å². The van der Waals surface area contributed by atoms with Gasteiger partial charge in [0.1, 0.15) is 5.84 Å². The smallest absolute Gasteiger partial charge is 0.256 e. The number of rotatable bonds is 7. The van der Waals surface area contributed by atoms with Gasteiger partial charge in [0.2, 0.25) is 0 Å². The molecule has 0 radical (unpaired) electrons. The summed E-state index contributed by atoms with van der Waals surface area (Å²) in [5.41, 5.74) is 9.36. The maximum atomic E-state index is 13.0. The number of aliphatic hydroxyl groups excluding tert-OH is 1. The number of aliphatic hydroxyl groups is 1. The number of hydrogen-bond acceptors (Lipinski definition) is 3. The average molecular weight is 419 g/mol. The third kappa shape index (κ3) is 4.21. The third-order valence-corrected chi connectivity index (χ3v) is 6.36. The number of amidine groups is 1. The zero-order valence-corrected chi connectivity index (χ0v) is 17.9. The highest BCUT2D eigenvalue weighted by atomic mass is 16.3. The number of aromatic nitrogens is 1. The fraction of sp³-hybridized carbons (Fsp3) is 0.360. The van der Waals surface area contributed by atoms with Crippen LogP contribution in [-0.2, 0) is 17.8 Å². The van der Waals surface area contributed by atoms with Gasteiger partial charge in [0.15, 0.2) is 6.10 Å². The molecule has 1 aromatic heterocycles. The van der Waals surface area contributed by atoms with Crippen LogP contribution in [0.2, 0.25) is 0 Å². The highest BCUT2D eigenvalue weighted by molar-refractivity contribution is 5.98. The largest absolute Gasteiger partial charge is 0.384 e. The quantitative estimate of drug-likeness (QED) is 0.404. The lowest BCUT2D eigenvalue weighted by Crippen LogP contribution is -2.39. The standard InChI is InChI=1S/C25H30N4O2/c1-2-28-21(15-18-10-11-19(24(26)27)16-22(18)28)13-12-20-9-6-14-29(20)25(31)23(30)17-7-4-3-5-8-17/h3-5,7-8,10-11,15-16,20,23,30H,2,6,9,12-14H2,1H3,(H3,26,27). The van der Waals surface area contributed by atoms with E-state index in [0.717, 1.165) is 48.7 Å². The second kappa shape index (κ2) is 8.94. The van der Waals surface area contributed by atoms with Crippen LogP contribution in [0.3, 0.4) is 0 Å². The number of fused-ring (bicyclic) bond motifs is 1. The van der Waals surface area contributed by atoms with Gasteiger partial charge in [-0.15, -0.1) is 0 Å². The number of benzene rings is 2. The topological polar surface area (TPSA) is 95.3 Å². The Bertz CT molecular complexity index is 1090. The van der Waals surface area contributed by atoms with Crippen LogP contribution in [0.5, 0.6) is 0 Å². The van der Waals surface area contributed by atoms with Crippen molar-refractivity contribution in [2.75, 3.05) is 6.54 Å². The Balaban J connectivity index is 1.50. The van der Waals surface area contributed by atoms with Crippen LogP contribution >= 0.6 is 0 Å². The Labute approximate surface area is 182 Å². The molecule has 31 heavy (non-hydrogen) atoms. The fourth-order valence-corrected chi connectivity index (χ4v) is 4.74. The van der Waals surface area contributed by atoms with Gasteiger partial charge in [-0.05, 0) is 55.7 Å². The van der Waals surface area contributed by atoms with E-state index in [1.165, 1.54) is 5.69 Å². The summed E-state index contributed by atoms with van der Waals surface area (Å²) in [6.07, 6.45) is 2.55. The van der Waals surface area contributed by atoms with Crippen molar-refractivity contribution in [1.82, 2.24) is 9.47 Å². The van der Waals surface area contributed by atoms with E-state index in [2.05, 4.69) is 17.6 Å². The zero-order chi connectivity index (χ0) is 22.0. The third-order valence-electron chi connectivity index (χ3n) is 6.36. The summed E-state index contributed by atoms with van der Waals surface area (Å²) >= 11 is 0. The molecule has 2 aromatic carbocycles. The molecule has 3 aromatic rings. The van der Waals surface area contributed by atoms with E-state index in [9.17, 15) is 9.90 Å². The first-order valence-corrected chi connectivity index (χ1v) is 11.0. The average Bonchev–Trinajstić information content (AvgIpc) is 3.40. The number of amides is 1. The molecule has 1 fully saturated rings. The fourth-order valence-electron chi connectivity index (χ4n) is 4.74. The summed E-state index contributed by atoms with van der Waals surface area (Å²) in [6.45, 7) is 3.65. The maximum Gasteiger partial charge on any atom is 0.256 e. The second-order valence-corrected chi connectivity index (χ2v) is 8.25. The molecule has 162 valence electrons. The van der Waals surface area contributed by atoms with Crippen LogP contribution in [0, 0.1) is 5.41 Å². The van der Waals surface area contributed by atoms with Gasteiger partial charge in [0.05, 0.1) is 0 Å². The van der Waals surface area contributed by atoms with Crippen LogP contribution in [0.25, 0.3) is 10.9 Å². The summed E-state index contributed by atoms with van der Waals surface area (Å²) in [5.74, 6) is -0.125. The number of carbonyl (C=O) groups is 1. The Kier molecular flexibility index (Phi) is 6.09. The molecule has 0 saturated carbocycles. The van der Waals surface area contributed by atoms with Gasteiger partial charge in [-0.3, -0.25) is 10.2 Å². The molecule has 2 atom stereocenters. The van der Waals surface area contributed by atoms with Crippen molar-refractivity contribution in [3.8, 4) is 0 Å². The van der Waals surface area contributed by atoms with Gasteiger partial charge in [-0.25, -0.2) is 0 Å². The number of nitrogens with one attached hydrogen (secondary N) is 1. The van der Waals surface area contributed by atoms with Gasteiger partial charge in [-0.2, -0.15) is 0 Å². The summed E-state index contributed by atoms with van der Waals surface area (Å²) in [6, 6.07) is 17.4. The molecule has 1 aliphatic heterocycles. The number of nitrogen functional groups attached to an aromatic ring is 1. The lowest BCUT2D eigenvalue weighted by molar-refractivity contribution is -0.141. The van der Waals surface area contributed by atoms with Gasteiger partial charge in [-0.1, -0.05) is 42.5 Å². The number of nitrogens with zero attached hydrogens (tertiary/aromatic N) is 2. The first-order valence-electron chi connectivity index (χ1n) is 11.0. The summed E-state index contributed by atoms with van der Waals surface area (Å²) in [7, 11) is 0. The first kappa shape index (κ1) is 21.1. The summed E-state index contributed by atoms with van der Waals surface area (Å²) < 4.78 is 2.27. The predicted molar refractivity (Wildman–Crippen MR) is 123 cm³/mol. The number of likely N-dealkylation sites (tertiary alicyclic amines) is 1. The Hall–Kier alpha value is -3.12. The minimum absolute atomic E-state index is 0.0735. The Morgan fingerprint density at radius 1 is 1.23 bits per heavy atom. The van der Waals surface area contributed by atoms with Gasteiger partial charge < -0.3 is 20.3 Å². The van der Waals surface area contributed by atoms with Crippen molar-refractivity contribution >= 4 is 22.6 Å². The highest BCUT2D eigenvalue weighted by Gasteiger charge is 2.32. The van der Waals surface area contributed by atoms with Crippen molar-refractivity contribution in [3.63, 3.8) is 0 Å². The molecule has 2 unspecified atom stereocenters. The van der Waals surface area contributed by atoms with E-state index in [4.69, 9.17) is 11.1 Å². The minimum atomic E-state index is -1.10. The van der Waals surface area contributed by atoms with Crippen molar-refractivity contribution in [2.45, 2.75) is 51.3 Å². The summed E-state index contributed by atoms with van der Waals surface area (Å²) in [5, 5.41) is 19.4. The number of nitrogens with two attached hydrogens (primary N) is 1. The van der Waals surface area contributed by atoms with Crippen LogP contribution < -0.4 is 5.73 Å². The molecule has 0 spiro atoms. The molecule has 6 heteroatoms. The zero-order valence-electron chi connectivity index (χ0n) is 17.9. The maximum absolute atomic E-state index is 13.0. The minimum Gasteiger partial charge on any atom is -0.384 e. The van der Waals surface area contributed by atoms with Gasteiger partial charge in [0.25, 0.3) is 5.91 Å². The summed E-state index contributed by atoms with van der Waals surface area (Å²) in [4.78, 5) is 14.8. The van der Waals surface area contributed by atoms with Crippen molar-refractivity contribution in [2.24, 2.45) is 5.73 Å².